The van der Waals surface area contributed by atoms with Crippen LogP contribution in [0, 0.1) is 0 Å². The first kappa shape index (κ1) is 13.0. The molecule has 2 aliphatic rings. The van der Waals surface area contributed by atoms with Crippen molar-refractivity contribution in [2.45, 2.75) is 37.0 Å². The fraction of sp³-hybridized carbons (Fsp3) is 0.538. The molecule has 2 heterocycles. The highest BCUT2D eigenvalue weighted by Crippen LogP contribution is 2.33. The van der Waals surface area contributed by atoms with E-state index in [-0.39, 0.29) is 6.61 Å². The number of hydrogen-bond donors (Lipinski definition) is 3. The summed E-state index contributed by atoms with van der Waals surface area (Å²) in [6.07, 6.45) is -5.93. The number of ether oxygens (including phenoxy) is 3. The van der Waals surface area contributed by atoms with Crippen molar-refractivity contribution in [3.8, 4) is 0 Å². The minimum atomic E-state index is -1.42. The van der Waals surface area contributed by atoms with Gasteiger partial charge in [0, 0.05) is 5.56 Å². The van der Waals surface area contributed by atoms with Gasteiger partial charge in [-0.15, -0.1) is 0 Å². The van der Waals surface area contributed by atoms with Gasteiger partial charge in [-0.2, -0.15) is 0 Å². The van der Waals surface area contributed by atoms with E-state index in [2.05, 4.69) is 0 Å². The molecule has 2 fully saturated rings. The van der Waals surface area contributed by atoms with Gasteiger partial charge in [-0.3, -0.25) is 0 Å². The predicted octanol–water partition coefficient (Wildman–Crippen LogP) is -0.460. The van der Waals surface area contributed by atoms with Crippen LogP contribution in [0.3, 0.4) is 0 Å². The fourth-order valence-corrected chi connectivity index (χ4v) is 2.37. The number of hydrogen-bond acceptors (Lipinski definition) is 6. The van der Waals surface area contributed by atoms with E-state index in [4.69, 9.17) is 14.2 Å². The van der Waals surface area contributed by atoms with Crippen LogP contribution >= 0.6 is 0 Å². The van der Waals surface area contributed by atoms with E-state index in [1.165, 1.54) is 0 Å². The van der Waals surface area contributed by atoms with Crippen LogP contribution in [-0.2, 0) is 14.2 Å². The lowest BCUT2D eigenvalue weighted by Crippen LogP contribution is -2.61. The predicted molar refractivity (Wildman–Crippen MR) is 62.9 cm³/mol. The molecule has 1 aromatic rings. The van der Waals surface area contributed by atoms with Crippen LogP contribution in [0.4, 0.5) is 0 Å². The molecule has 2 unspecified atom stereocenters. The topological polar surface area (TPSA) is 88.4 Å². The van der Waals surface area contributed by atoms with Crippen LogP contribution in [0.1, 0.15) is 11.9 Å². The molecule has 0 amide bonds. The van der Waals surface area contributed by atoms with Crippen molar-refractivity contribution in [1.29, 1.82) is 0 Å². The Morgan fingerprint density at radius 1 is 0.947 bits per heavy atom. The second-order valence-corrected chi connectivity index (χ2v) is 4.72. The highest BCUT2D eigenvalue weighted by atomic mass is 16.7. The summed E-state index contributed by atoms with van der Waals surface area (Å²) in [5, 5.41) is 29.0. The standard InChI is InChI=1S/C13H16O6/c14-9-10(15)12(16)18-8-6-17-13(19-11(8)9)7-4-2-1-3-5-7/h1-5,8-16H,6H2/t8-,9-,10-,11-,12?,13?/m1/s1. The molecule has 0 radical (unpaired) electrons. The molecule has 6 heteroatoms. The first-order valence-corrected chi connectivity index (χ1v) is 6.18. The van der Waals surface area contributed by atoms with Gasteiger partial charge in [0.05, 0.1) is 6.61 Å². The number of aliphatic hydroxyl groups excluding tert-OH is 3. The molecule has 0 saturated carbocycles. The Hall–Kier alpha value is -1.02. The third kappa shape index (κ3) is 2.38. The summed E-state index contributed by atoms with van der Waals surface area (Å²) in [5.74, 6) is 0. The molecule has 0 bridgehead atoms. The number of aliphatic hydroxyl groups is 3. The minimum absolute atomic E-state index is 0.186. The number of fused-ring (bicyclic) bond motifs is 1. The van der Waals surface area contributed by atoms with Gasteiger partial charge in [-0.05, 0) is 0 Å². The van der Waals surface area contributed by atoms with Gasteiger partial charge in [0.2, 0.25) is 0 Å². The Bertz CT molecular complexity index is 422. The van der Waals surface area contributed by atoms with Gasteiger partial charge in [0.1, 0.15) is 24.4 Å². The summed E-state index contributed by atoms with van der Waals surface area (Å²) in [4.78, 5) is 0. The molecule has 19 heavy (non-hydrogen) atoms. The first-order valence-electron chi connectivity index (χ1n) is 6.18. The second-order valence-electron chi connectivity index (χ2n) is 4.72. The Balaban J connectivity index is 1.75. The van der Waals surface area contributed by atoms with Crippen molar-refractivity contribution in [3.63, 3.8) is 0 Å². The summed E-state index contributed by atoms with van der Waals surface area (Å²) in [5.41, 5.74) is 0.828. The van der Waals surface area contributed by atoms with Gasteiger partial charge in [-0.1, -0.05) is 30.3 Å². The normalized spacial score (nSPS) is 42.7. The van der Waals surface area contributed by atoms with E-state index in [0.717, 1.165) is 5.56 Å². The summed E-state index contributed by atoms with van der Waals surface area (Å²) in [7, 11) is 0. The highest BCUT2D eigenvalue weighted by Gasteiger charge is 2.48. The van der Waals surface area contributed by atoms with E-state index in [1.807, 2.05) is 30.3 Å². The monoisotopic (exact) mass is 268 g/mol. The zero-order chi connectivity index (χ0) is 13.4. The lowest BCUT2D eigenvalue weighted by Gasteiger charge is -2.45. The molecule has 0 spiro atoms. The third-order valence-corrected chi connectivity index (χ3v) is 3.42. The summed E-state index contributed by atoms with van der Waals surface area (Å²) in [6.45, 7) is 0.186. The molecule has 104 valence electrons. The van der Waals surface area contributed by atoms with E-state index in [9.17, 15) is 15.3 Å². The zero-order valence-electron chi connectivity index (χ0n) is 10.1. The highest BCUT2D eigenvalue weighted by molar-refractivity contribution is 5.16. The Kier molecular flexibility index (Phi) is 3.53. The quantitative estimate of drug-likeness (QED) is 0.639. The fourth-order valence-electron chi connectivity index (χ4n) is 2.37. The Labute approximate surface area is 110 Å². The van der Waals surface area contributed by atoms with Crippen molar-refractivity contribution in [3.05, 3.63) is 35.9 Å². The molecule has 2 saturated heterocycles. The minimum Gasteiger partial charge on any atom is -0.387 e. The maximum absolute atomic E-state index is 9.94. The molecule has 3 N–H and O–H groups in total. The van der Waals surface area contributed by atoms with Crippen LogP contribution in [0.15, 0.2) is 30.3 Å². The van der Waals surface area contributed by atoms with Crippen molar-refractivity contribution in [2.24, 2.45) is 0 Å². The van der Waals surface area contributed by atoms with Gasteiger partial charge in [-0.25, -0.2) is 0 Å². The molecule has 6 nitrogen and oxygen atoms in total. The van der Waals surface area contributed by atoms with E-state index in [0.29, 0.717) is 0 Å². The van der Waals surface area contributed by atoms with E-state index < -0.39 is 37.0 Å². The average molecular weight is 268 g/mol. The maximum atomic E-state index is 9.94. The molecule has 3 rings (SSSR count). The van der Waals surface area contributed by atoms with Gasteiger partial charge in [0.25, 0.3) is 0 Å². The molecule has 1 aromatic carbocycles. The summed E-state index contributed by atoms with van der Waals surface area (Å²) in [6, 6.07) is 9.31. The maximum Gasteiger partial charge on any atom is 0.184 e. The van der Waals surface area contributed by atoms with Crippen molar-refractivity contribution in [1.82, 2.24) is 0 Å². The summed E-state index contributed by atoms with van der Waals surface area (Å²) >= 11 is 0. The molecule has 6 atom stereocenters. The lowest BCUT2D eigenvalue weighted by molar-refractivity contribution is -0.354. The molecule has 0 aliphatic carbocycles. The van der Waals surface area contributed by atoms with Crippen molar-refractivity contribution >= 4 is 0 Å². The molecule has 2 aliphatic heterocycles. The zero-order valence-corrected chi connectivity index (χ0v) is 10.1. The SMILES string of the molecule is OC1O[C@@H]2COC(c3ccccc3)O[C@H]2[C@H](O)[C@H]1O. The van der Waals surface area contributed by atoms with Crippen LogP contribution in [0.5, 0.6) is 0 Å². The molecular formula is C13H16O6. The van der Waals surface area contributed by atoms with Crippen LogP contribution in [0.2, 0.25) is 0 Å². The lowest BCUT2D eigenvalue weighted by atomic mass is 9.98. The largest absolute Gasteiger partial charge is 0.387 e. The molecular weight excluding hydrogens is 252 g/mol. The van der Waals surface area contributed by atoms with Crippen molar-refractivity contribution in [2.75, 3.05) is 6.61 Å². The number of benzene rings is 1. The van der Waals surface area contributed by atoms with Crippen LogP contribution in [-0.4, -0.2) is 52.6 Å². The van der Waals surface area contributed by atoms with Crippen LogP contribution in [0.25, 0.3) is 0 Å². The second kappa shape index (κ2) is 5.16. The van der Waals surface area contributed by atoms with E-state index >= 15 is 0 Å². The Morgan fingerprint density at radius 2 is 1.68 bits per heavy atom. The van der Waals surface area contributed by atoms with Gasteiger partial charge in [0.15, 0.2) is 12.6 Å². The first-order chi connectivity index (χ1) is 9.16. The van der Waals surface area contributed by atoms with Gasteiger partial charge < -0.3 is 29.5 Å². The number of rotatable bonds is 1. The average Bonchev–Trinajstić information content (AvgIpc) is 2.46. The van der Waals surface area contributed by atoms with E-state index in [1.54, 1.807) is 0 Å². The Morgan fingerprint density at radius 3 is 2.42 bits per heavy atom. The molecule has 0 aromatic heterocycles. The smallest absolute Gasteiger partial charge is 0.184 e. The van der Waals surface area contributed by atoms with Gasteiger partial charge >= 0.3 is 0 Å². The third-order valence-electron chi connectivity index (χ3n) is 3.42. The summed E-state index contributed by atoms with van der Waals surface area (Å²) < 4.78 is 16.3. The van der Waals surface area contributed by atoms with Crippen molar-refractivity contribution < 1.29 is 29.5 Å². The van der Waals surface area contributed by atoms with Crippen LogP contribution < -0.4 is 0 Å².